The summed E-state index contributed by atoms with van der Waals surface area (Å²) < 4.78 is 6.92. The number of carbonyl (C=O) groups is 1. The van der Waals surface area contributed by atoms with Crippen LogP contribution in [0.25, 0.3) is 0 Å². The number of hydrogen-bond acceptors (Lipinski definition) is 3. The van der Waals surface area contributed by atoms with E-state index in [1.54, 1.807) is 17.9 Å². The zero-order valence-corrected chi connectivity index (χ0v) is 15.6. The molecule has 1 aliphatic carbocycles. The molecule has 0 fully saturated rings. The van der Waals surface area contributed by atoms with E-state index in [2.05, 4.69) is 40.0 Å². The minimum atomic E-state index is -0.198. The molecule has 1 aromatic heterocycles. The maximum absolute atomic E-state index is 12.2. The number of amides is 2. The largest absolute Gasteiger partial charge is 0.382 e. The molecule has 26 heavy (non-hydrogen) atoms. The summed E-state index contributed by atoms with van der Waals surface area (Å²) in [7, 11) is 1.67. The molecule has 6 heteroatoms. The molecular weight excluding hydrogens is 328 g/mol. The van der Waals surface area contributed by atoms with Gasteiger partial charge < -0.3 is 10.1 Å². The predicted molar refractivity (Wildman–Crippen MR) is 102 cm³/mol. The zero-order chi connectivity index (χ0) is 18.4. The quantitative estimate of drug-likeness (QED) is 0.780. The lowest BCUT2D eigenvalue weighted by molar-refractivity contribution is 0.157. The van der Waals surface area contributed by atoms with Gasteiger partial charge in [-0.3, -0.25) is 10.00 Å². The topological polar surface area (TPSA) is 68.2 Å². The van der Waals surface area contributed by atoms with Crippen LogP contribution in [-0.2, 0) is 17.6 Å². The van der Waals surface area contributed by atoms with Gasteiger partial charge in [0.05, 0.1) is 12.6 Å². The van der Waals surface area contributed by atoms with Crippen LogP contribution < -0.4 is 10.6 Å². The fourth-order valence-corrected chi connectivity index (χ4v) is 3.48. The molecule has 6 nitrogen and oxygen atoms in total. The van der Waals surface area contributed by atoms with Crippen LogP contribution in [0.4, 0.5) is 10.6 Å². The summed E-state index contributed by atoms with van der Waals surface area (Å²) in [4.78, 5) is 12.2. The van der Waals surface area contributed by atoms with Crippen LogP contribution in [0.15, 0.2) is 36.5 Å². The van der Waals surface area contributed by atoms with E-state index in [1.165, 1.54) is 11.1 Å². The minimum Gasteiger partial charge on any atom is -0.382 e. The lowest BCUT2D eigenvalue weighted by Gasteiger charge is -2.15. The number of aryl methyl sites for hydroxylation is 2. The third kappa shape index (κ3) is 4.85. The van der Waals surface area contributed by atoms with Crippen LogP contribution in [0.3, 0.4) is 0 Å². The summed E-state index contributed by atoms with van der Waals surface area (Å²) >= 11 is 0. The summed E-state index contributed by atoms with van der Waals surface area (Å²) in [5.41, 5.74) is 2.91. The number of carbonyl (C=O) groups excluding carboxylic acids is 1. The highest BCUT2D eigenvalue weighted by molar-refractivity contribution is 5.88. The monoisotopic (exact) mass is 356 g/mol. The third-order valence-electron chi connectivity index (χ3n) is 5.02. The Morgan fingerprint density at radius 1 is 1.27 bits per heavy atom. The van der Waals surface area contributed by atoms with Crippen molar-refractivity contribution in [1.29, 1.82) is 0 Å². The van der Waals surface area contributed by atoms with E-state index in [9.17, 15) is 4.79 Å². The molecule has 0 saturated carbocycles. The minimum absolute atomic E-state index is 0.131. The number of benzene rings is 1. The van der Waals surface area contributed by atoms with Crippen molar-refractivity contribution in [3.05, 3.63) is 47.7 Å². The fourth-order valence-electron chi connectivity index (χ4n) is 3.48. The molecule has 0 aliphatic heterocycles. The Labute approximate surface area is 154 Å². The van der Waals surface area contributed by atoms with Gasteiger partial charge in [0.25, 0.3) is 0 Å². The Bertz CT molecular complexity index is 701. The number of fused-ring (bicyclic) bond motifs is 1. The van der Waals surface area contributed by atoms with E-state index in [4.69, 9.17) is 4.74 Å². The molecule has 1 aliphatic rings. The Kier molecular flexibility index (Phi) is 6.28. The van der Waals surface area contributed by atoms with Gasteiger partial charge in [-0.1, -0.05) is 24.3 Å². The van der Waals surface area contributed by atoms with Gasteiger partial charge in [0, 0.05) is 25.9 Å². The van der Waals surface area contributed by atoms with Gasteiger partial charge in [-0.25, -0.2) is 4.79 Å². The summed E-state index contributed by atoms with van der Waals surface area (Å²) in [6.07, 6.45) is 6.25. The molecule has 140 valence electrons. The van der Waals surface area contributed by atoms with Crippen molar-refractivity contribution < 1.29 is 9.53 Å². The Balaban J connectivity index is 1.45. The first-order valence-electron chi connectivity index (χ1n) is 9.31. The molecular formula is C20H28N4O2. The van der Waals surface area contributed by atoms with Crippen LogP contribution in [0.1, 0.15) is 36.9 Å². The van der Waals surface area contributed by atoms with Gasteiger partial charge in [0.1, 0.15) is 0 Å². The SMILES string of the molecule is COCC(C)n1ccc(NC(=O)NCC2CCc3ccccc3CC2)n1. The molecule has 1 aromatic carbocycles. The Hall–Kier alpha value is -2.34. The van der Waals surface area contributed by atoms with Crippen molar-refractivity contribution in [2.75, 3.05) is 25.6 Å². The Morgan fingerprint density at radius 2 is 1.96 bits per heavy atom. The molecule has 0 saturated heterocycles. The molecule has 0 bridgehead atoms. The zero-order valence-electron chi connectivity index (χ0n) is 15.6. The molecule has 3 rings (SSSR count). The third-order valence-corrected chi connectivity index (χ3v) is 5.02. The van der Waals surface area contributed by atoms with Crippen LogP contribution in [0.5, 0.6) is 0 Å². The number of rotatable bonds is 6. The number of nitrogens with one attached hydrogen (secondary N) is 2. The molecule has 1 heterocycles. The lowest BCUT2D eigenvalue weighted by Crippen LogP contribution is -2.33. The second-order valence-electron chi connectivity index (χ2n) is 7.03. The summed E-state index contributed by atoms with van der Waals surface area (Å²) in [6, 6.07) is 10.4. The van der Waals surface area contributed by atoms with Crippen molar-refractivity contribution in [2.24, 2.45) is 5.92 Å². The number of ether oxygens (including phenoxy) is 1. The van der Waals surface area contributed by atoms with Crippen LogP contribution in [0.2, 0.25) is 0 Å². The van der Waals surface area contributed by atoms with E-state index in [0.717, 1.165) is 25.7 Å². The first-order chi connectivity index (χ1) is 12.7. The maximum atomic E-state index is 12.2. The number of nitrogens with zero attached hydrogens (tertiary/aromatic N) is 2. The maximum Gasteiger partial charge on any atom is 0.320 e. The first kappa shape index (κ1) is 18.5. The predicted octanol–water partition coefficient (Wildman–Crippen LogP) is 3.41. The molecule has 2 amide bonds. The number of anilines is 1. The van der Waals surface area contributed by atoms with Gasteiger partial charge in [-0.15, -0.1) is 0 Å². The van der Waals surface area contributed by atoms with Gasteiger partial charge in [-0.05, 0) is 49.7 Å². The van der Waals surface area contributed by atoms with Gasteiger partial charge in [0.15, 0.2) is 5.82 Å². The highest BCUT2D eigenvalue weighted by atomic mass is 16.5. The summed E-state index contributed by atoms with van der Waals surface area (Å²) in [5.74, 6) is 1.06. The first-order valence-corrected chi connectivity index (χ1v) is 9.31. The highest BCUT2D eigenvalue weighted by Gasteiger charge is 2.17. The van der Waals surface area contributed by atoms with Crippen molar-refractivity contribution in [3.63, 3.8) is 0 Å². The van der Waals surface area contributed by atoms with E-state index >= 15 is 0 Å². The van der Waals surface area contributed by atoms with Gasteiger partial charge >= 0.3 is 6.03 Å². The average Bonchev–Trinajstić information content (AvgIpc) is 3.00. The number of aromatic nitrogens is 2. The molecule has 0 spiro atoms. The van der Waals surface area contributed by atoms with E-state index in [-0.39, 0.29) is 12.1 Å². The number of urea groups is 1. The number of hydrogen-bond donors (Lipinski definition) is 2. The normalized spacial score (nSPS) is 15.8. The van der Waals surface area contributed by atoms with E-state index in [1.807, 2.05) is 13.1 Å². The van der Waals surface area contributed by atoms with Crippen LogP contribution >= 0.6 is 0 Å². The Morgan fingerprint density at radius 3 is 2.62 bits per heavy atom. The average molecular weight is 356 g/mol. The molecule has 0 radical (unpaired) electrons. The van der Waals surface area contributed by atoms with Crippen LogP contribution in [-0.4, -0.2) is 36.1 Å². The standard InChI is InChI=1S/C20H28N4O2/c1-15(14-26-2)24-12-11-19(23-24)22-20(25)21-13-16-7-9-17-5-3-4-6-18(17)10-8-16/h3-6,11-12,15-16H,7-10,13-14H2,1-2H3,(H2,21,22,23,25). The smallest absolute Gasteiger partial charge is 0.320 e. The molecule has 1 atom stereocenters. The van der Waals surface area contributed by atoms with E-state index < -0.39 is 0 Å². The lowest BCUT2D eigenvalue weighted by atomic mass is 10.00. The second kappa shape index (κ2) is 8.85. The van der Waals surface area contributed by atoms with Crippen LogP contribution in [0, 0.1) is 5.92 Å². The molecule has 1 unspecified atom stereocenters. The van der Waals surface area contributed by atoms with Crippen molar-refractivity contribution >= 4 is 11.8 Å². The summed E-state index contributed by atoms with van der Waals surface area (Å²) in [6.45, 7) is 3.29. The second-order valence-corrected chi connectivity index (χ2v) is 7.03. The highest BCUT2D eigenvalue weighted by Crippen LogP contribution is 2.24. The fraction of sp³-hybridized carbons (Fsp3) is 0.500. The van der Waals surface area contributed by atoms with Gasteiger partial charge in [0.2, 0.25) is 0 Å². The van der Waals surface area contributed by atoms with Crippen molar-refractivity contribution in [2.45, 2.75) is 38.6 Å². The van der Waals surface area contributed by atoms with Crippen molar-refractivity contribution in [3.8, 4) is 0 Å². The number of methoxy groups -OCH3 is 1. The molecule has 2 N–H and O–H groups in total. The van der Waals surface area contributed by atoms with Gasteiger partial charge in [-0.2, -0.15) is 5.10 Å². The molecule has 2 aromatic rings. The van der Waals surface area contributed by atoms with Crippen molar-refractivity contribution in [1.82, 2.24) is 15.1 Å². The van der Waals surface area contributed by atoms with E-state index in [0.29, 0.717) is 24.9 Å². The summed E-state index contributed by atoms with van der Waals surface area (Å²) in [5, 5.41) is 10.2.